The molecule has 2 heterocycles. The van der Waals surface area contributed by atoms with Crippen LogP contribution in [0, 0.1) is 5.92 Å². The first-order valence-corrected chi connectivity index (χ1v) is 8.70. The van der Waals surface area contributed by atoms with Gasteiger partial charge in [-0.15, -0.1) is 0 Å². The third-order valence-electron chi connectivity index (χ3n) is 5.12. The molecule has 4 rings (SSSR count). The Hall–Kier alpha value is -2.62. The first-order valence-electron chi connectivity index (χ1n) is 8.70. The summed E-state index contributed by atoms with van der Waals surface area (Å²) in [5.74, 6) is 2.17. The molecule has 1 fully saturated rings. The molecule has 128 valence electrons. The highest BCUT2D eigenvalue weighted by molar-refractivity contribution is 6.16. The Morgan fingerprint density at radius 3 is 2.80 bits per heavy atom. The molecule has 4 nitrogen and oxygen atoms in total. The number of allylic oxidation sites excluding steroid dienone is 1. The lowest BCUT2D eigenvalue weighted by Crippen LogP contribution is -2.20. The summed E-state index contributed by atoms with van der Waals surface area (Å²) in [7, 11) is 3.36. The van der Waals surface area contributed by atoms with Gasteiger partial charge in [-0.05, 0) is 61.1 Å². The number of ether oxygens (including phenoxy) is 2. The van der Waals surface area contributed by atoms with Crippen molar-refractivity contribution in [1.29, 1.82) is 0 Å². The Labute approximate surface area is 148 Å². The van der Waals surface area contributed by atoms with Gasteiger partial charge in [-0.3, -0.25) is 9.98 Å². The number of hydrogen-bond acceptors (Lipinski definition) is 4. The van der Waals surface area contributed by atoms with Crippen molar-refractivity contribution in [1.82, 2.24) is 4.98 Å². The van der Waals surface area contributed by atoms with Crippen LogP contribution in [0.1, 0.15) is 30.4 Å². The van der Waals surface area contributed by atoms with E-state index in [4.69, 9.17) is 14.5 Å². The first kappa shape index (κ1) is 15.9. The van der Waals surface area contributed by atoms with E-state index < -0.39 is 0 Å². The van der Waals surface area contributed by atoms with Crippen molar-refractivity contribution in [2.75, 3.05) is 14.2 Å². The average molecular weight is 334 g/mol. The number of fused-ring (bicyclic) bond motifs is 2. The number of methoxy groups -OCH3 is 2. The lowest BCUT2D eigenvalue weighted by molar-refractivity contribution is 0.393. The number of rotatable bonds is 4. The minimum atomic E-state index is 0.454. The standard InChI is InChI=1S/C21H22N2O2/c1-24-18-8-6-15(20(12-18)25-2)11-19-14-5-7-17(10-14)23-21(19)16-4-3-9-22-13-16/h3-4,6,8-9,11-14,17H,5,7,10H2,1-2H3/b19-11+. The molecule has 1 saturated carbocycles. The van der Waals surface area contributed by atoms with E-state index in [-0.39, 0.29) is 0 Å². The molecule has 0 radical (unpaired) electrons. The summed E-state index contributed by atoms with van der Waals surface area (Å²) in [6.07, 6.45) is 9.46. The SMILES string of the molecule is COc1ccc(/C=C2/C(c3cccnc3)=NC3CCC2C3)c(OC)c1. The molecule has 2 aromatic rings. The van der Waals surface area contributed by atoms with Gasteiger partial charge in [-0.1, -0.05) is 0 Å². The molecule has 25 heavy (non-hydrogen) atoms. The Kier molecular flexibility index (Phi) is 4.26. The second-order valence-corrected chi connectivity index (χ2v) is 6.59. The zero-order valence-corrected chi connectivity index (χ0v) is 14.6. The maximum Gasteiger partial charge on any atom is 0.129 e. The lowest BCUT2D eigenvalue weighted by Gasteiger charge is -2.23. The molecule has 1 aliphatic heterocycles. The number of hydrogen-bond donors (Lipinski definition) is 0. The summed E-state index contributed by atoms with van der Waals surface area (Å²) in [5, 5.41) is 0. The fraction of sp³-hybridized carbons (Fsp3) is 0.333. The van der Waals surface area contributed by atoms with Crippen LogP contribution in [0.3, 0.4) is 0 Å². The van der Waals surface area contributed by atoms with Crippen LogP contribution in [0.15, 0.2) is 53.3 Å². The third-order valence-corrected chi connectivity index (χ3v) is 5.12. The van der Waals surface area contributed by atoms with Crippen LogP contribution >= 0.6 is 0 Å². The van der Waals surface area contributed by atoms with E-state index in [0.717, 1.165) is 34.8 Å². The fourth-order valence-electron chi connectivity index (χ4n) is 3.84. The molecule has 2 aliphatic rings. The van der Waals surface area contributed by atoms with Gasteiger partial charge in [0.1, 0.15) is 11.5 Å². The minimum absolute atomic E-state index is 0.454. The van der Waals surface area contributed by atoms with Gasteiger partial charge in [0.25, 0.3) is 0 Å². The maximum atomic E-state index is 5.57. The van der Waals surface area contributed by atoms with Crippen LogP contribution < -0.4 is 9.47 Å². The highest BCUT2D eigenvalue weighted by Gasteiger charge is 2.34. The van der Waals surface area contributed by atoms with Crippen LogP contribution in [-0.4, -0.2) is 31.0 Å². The predicted octanol–water partition coefficient (Wildman–Crippen LogP) is 4.15. The van der Waals surface area contributed by atoms with Crippen molar-refractivity contribution in [3.63, 3.8) is 0 Å². The second kappa shape index (κ2) is 6.71. The number of benzene rings is 1. The molecule has 2 atom stereocenters. The van der Waals surface area contributed by atoms with Crippen molar-refractivity contribution in [3.05, 3.63) is 59.4 Å². The van der Waals surface area contributed by atoms with Gasteiger partial charge < -0.3 is 9.47 Å². The topological polar surface area (TPSA) is 43.7 Å². The minimum Gasteiger partial charge on any atom is -0.497 e. The smallest absolute Gasteiger partial charge is 0.129 e. The van der Waals surface area contributed by atoms with Gasteiger partial charge in [-0.25, -0.2) is 0 Å². The van der Waals surface area contributed by atoms with E-state index in [1.165, 1.54) is 18.4 Å². The van der Waals surface area contributed by atoms with Crippen LogP contribution in [0.2, 0.25) is 0 Å². The normalized spacial score (nSPS) is 23.4. The van der Waals surface area contributed by atoms with Gasteiger partial charge in [0.05, 0.1) is 26.0 Å². The molecule has 0 amide bonds. The Morgan fingerprint density at radius 1 is 1.12 bits per heavy atom. The molecule has 2 unspecified atom stereocenters. The predicted molar refractivity (Wildman–Crippen MR) is 99.4 cm³/mol. The molecule has 2 bridgehead atoms. The highest BCUT2D eigenvalue weighted by Crippen LogP contribution is 2.41. The first-order chi connectivity index (χ1) is 12.3. The van der Waals surface area contributed by atoms with E-state index >= 15 is 0 Å². The molecule has 0 saturated heterocycles. The monoisotopic (exact) mass is 334 g/mol. The fourth-order valence-corrected chi connectivity index (χ4v) is 3.84. The van der Waals surface area contributed by atoms with Crippen molar-refractivity contribution < 1.29 is 9.47 Å². The quantitative estimate of drug-likeness (QED) is 0.843. The summed E-state index contributed by atoms with van der Waals surface area (Å²) in [6.45, 7) is 0. The average Bonchev–Trinajstić information content (AvgIpc) is 3.07. The van der Waals surface area contributed by atoms with Crippen LogP contribution in [0.5, 0.6) is 11.5 Å². The zero-order chi connectivity index (χ0) is 17.2. The Morgan fingerprint density at radius 2 is 2.04 bits per heavy atom. The molecule has 0 spiro atoms. The van der Waals surface area contributed by atoms with Crippen molar-refractivity contribution in [3.8, 4) is 11.5 Å². The number of aliphatic imine (C=N–C) groups is 1. The third kappa shape index (κ3) is 3.04. The molecule has 1 aromatic heterocycles. The number of pyridine rings is 1. The Bertz CT molecular complexity index is 827. The molecule has 0 N–H and O–H groups in total. The second-order valence-electron chi connectivity index (χ2n) is 6.59. The van der Waals surface area contributed by atoms with E-state index in [1.54, 1.807) is 20.4 Å². The zero-order valence-electron chi connectivity index (χ0n) is 14.6. The molecule has 4 heteroatoms. The number of nitrogens with zero attached hydrogens (tertiary/aromatic N) is 2. The van der Waals surface area contributed by atoms with Crippen LogP contribution in [0.25, 0.3) is 6.08 Å². The van der Waals surface area contributed by atoms with Crippen molar-refractivity contribution in [2.45, 2.75) is 25.3 Å². The maximum absolute atomic E-state index is 5.57. The summed E-state index contributed by atoms with van der Waals surface area (Å²) < 4.78 is 10.9. The van der Waals surface area contributed by atoms with Gasteiger partial charge in [-0.2, -0.15) is 0 Å². The molecular weight excluding hydrogens is 312 g/mol. The van der Waals surface area contributed by atoms with Gasteiger partial charge in [0.2, 0.25) is 0 Å². The lowest BCUT2D eigenvalue weighted by atomic mass is 9.86. The highest BCUT2D eigenvalue weighted by atomic mass is 16.5. The van der Waals surface area contributed by atoms with E-state index in [1.807, 2.05) is 30.5 Å². The summed E-state index contributed by atoms with van der Waals surface area (Å²) >= 11 is 0. The summed E-state index contributed by atoms with van der Waals surface area (Å²) in [6, 6.07) is 10.5. The summed E-state index contributed by atoms with van der Waals surface area (Å²) in [4.78, 5) is 9.30. The van der Waals surface area contributed by atoms with Crippen LogP contribution in [-0.2, 0) is 0 Å². The molecular formula is C21H22N2O2. The van der Waals surface area contributed by atoms with Gasteiger partial charge in [0.15, 0.2) is 0 Å². The largest absolute Gasteiger partial charge is 0.497 e. The van der Waals surface area contributed by atoms with E-state index in [2.05, 4.69) is 17.1 Å². The van der Waals surface area contributed by atoms with Gasteiger partial charge in [0, 0.05) is 29.6 Å². The van der Waals surface area contributed by atoms with Gasteiger partial charge >= 0.3 is 0 Å². The number of aromatic nitrogens is 1. The molecule has 1 aliphatic carbocycles. The molecule has 1 aromatic carbocycles. The van der Waals surface area contributed by atoms with E-state index in [0.29, 0.717) is 12.0 Å². The van der Waals surface area contributed by atoms with Crippen LogP contribution in [0.4, 0.5) is 0 Å². The Balaban J connectivity index is 1.80. The van der Waals surface area contributed by atoms with Crippen molar-refractivity contribution >= 4 is 11.8 Å². The van der Waals surface area contributed by atoms with Crippen molar-refractivity contribution in [2.24, 2.45) is 10.9 Å². The summed E-state index contributed by atoms with van der Waals surface area (Å²) in [5.41, 5.74) is 4.54. The van der Waals surface area contributed by atoms with E-state index in [9.17, 15) is 0 Å².